The molecule has 1 aliphatic carbocycles. The second-order valence-electron chi connectivity index (χ2n) is 4.73. The van der Waals surface area contributed by atoms with Crippen LogP contribution in [0.3, 0.4) is 0 Å². The molecule has 1 heterocycles. The lowest BCUT2D eigenvalue weighted by molar-refractivity contribution is -0.0601. The first-order valence-corrected chi connectivity index (χ1v) is 6.88. The third kappa shape index (κ3) is 2.08. The van der Waals surface area contributed by atoms with Gasteiger partial charge < -0.3 is 10.1 Å². The second-order valence-corrected chi connectivity index (χ2v) is 5.76. The molecular formula is C13H15FN2OS. The smallest absolute Gasteiger partial charge is 0.183 e. The van der Waals surface area contributed by atoms with Crippen LogP contribution in [0.25, 0.3) is 10.2 Å². The van der Waals surface area contributed by atoms with Gasteiger partial charge in [0.15, 0.2) is 5.13 Å². The van der Waals surface area contributed by atoms with Crippen molar-refractivity contribution in [2.75, 3.05) is 19.0 Å². The van der Waals surface area contributed by atoms with E-state index in [0.29, 0.717) is 0 Å². The molecule has 3 rings (SSSR count). The molecule has 0 amide bonds. The van der Waals surface area contributed by atoms with Crippen LogP contribution in [0.5, 0.6) is 0 Å². The van der Waals surface area contributed by atoms with Gasteiger partial charge in [-0.2, -0.15) is 0 Å². The minimum absolute atomic E-state index is 0.0247. The molecule has 1 saturated carbocycles. The number of anilines is 1. The minimum Gasteiger partial charge on any atom is -0.376 e. The number of fused-ring (bicyclic) bond motifs is 1. The normalized spacial score (nSPS) is 17.7. The van der Waals surface area contributed by atoms with Crippen molar-refractivity contribution in [1.29, 1.82) is 0 Å². The van der Waals surface area contributed by atoms with E-state index < -0.39 is 0 Å². The molecule has 0 radical (unpaired) electrons. The van der Waals surface area contributed by atoms with E-state index in [-0.39, 0.29) is 11.4 Å². The number of aromatic nitrogens is 1. The Bertz CT molecular complexity index is 560. The molecule has 0 bridgehead atoms. The summed E-state index contributed by atoms with van der Waals surface area (Å²) in [6.07, 6.45) is 3.41. The number of ether oxygens (including phenoxy) is 1. The van der Waals surface area contributed by atoms with Gasteiger partial charge in [-0.25, -0.2) is 9.37 Å². The molecule has 1 N–H and O–H groups in total. The quantitative estimate of drug-likeness (QED) is 0.920. The summed E-state index contributed by atoms with van der Waals surface area (Å²) in [6.45, 7) is 0.770. The highest BCUT2D eigenvalue weighted by Crippen LogP contribution is 2.36. The first-order chi connectivity index (χ1) is 8.71. The standard InChI is InChI=1S/C13H15FN2OS/c1-17-13(5-2-6-13)8-15-12-16-10-4-3-9(14)7-11(10)18-12/h3-4,7H,2,5-6,8H2,1H3,(H,15,16). The monoisotopic (exact) mass is 266 g/mol. The van der Waals surface area contributed by atoms with Crippen molar-refractivity contribution in [3.8, 4) is 0 Å². The lowest BCUT2D eigenvalue weighted by atomic mass is 9.80. The summed E-state index contributed by atoms with van der Waals surface area (Å²) in [5.41, 5.74) is 0.812. The zero-order valence-corrected chi connectivity index (χ0v) is 11.0. The maximum Gasteiger partial charge on any atom is 0.183 e. The van der Waals surface area contributed by atoms with Crippen molar-refractivity contribution in [2.24, 2.45) is 0 Å². The highest BCUT2D eigenvalue weighted by Gasteiger charge is 2.36. The summed E-state index contributed by atoms with van der Waals surface area (Å²) in [7, 11) is 1.76. The largest absolute Gasteiger partial charge is 0.376 e. The molecular weight excluding hydrogens is 251 g/mol. The number of nitrogens with one attached hydrogen (secondary N) is 1. The molecule has 96 valence electrons. The van der Waals surface area contributed by atoms with Gasteiger partial charge in [0.2, 0.25) is 0 Å². The van der Waals surface area contributed by atoms with Crippen LogP contribution in [0, 0.1) is 5.82 Å². The van der Waals surface area contributed by atoms with Gasteiger partial charge >= 0.3 is 0 Å². The van der Waals surface area contributed by atoms with Crippen LogP contribution in [0.4, 0.5) is 9.52 Å². The Balaban J connectivity index is 1.74. The number of benzene rings is 1. The van der Waals surface area contributed by atoms with Gasteiger partial charge in [-0.1, -0.05) is 11.3 Å². The summed E-state index contributed by atoms with van der Waals surface area (Å²) in [5, 5.41) is 4.14. The summed E-state index contributed by atoms with van der Waals surface area (Å²) >= 11 is 1.48. The van der Waals surface area contributed by atoms with Crippen LogP contribution >= 0.6 is 11.3 Å². The van der Waals surface area contributed by atoms with Gasteiger partial charge in [-0.05, 0) is 37.5 Å². The molecule has 1 aliphatic rings. The van der Waals surface area contributed by atoms with Gasteiger partial charge in [-0.3, -0.25) is 0 Å². The average Bonchev–Trinajstić information content (AvgIpc) is 2.70. The lowest BCUT2D eigenvalue weighted by Gasteiger charge is -2.40. The Morgan fingerprint density at radius 2 is 2.33 bits per heavy atom. The van der Waals surface area contributed by atoms with E-state index in [4.69, 9.17) is 4.74 Å². The Hall–Kier alpha value is -1.20. The van der Waals surface area contributed by atoms with Gasteiger partial charge in [0.25, 0.3) is 0 Å². The first kappa shape index (κ1) is 11.9. The van der Waals surface area contributed by atoms with Gasteiger partial charge in [0, 0.05) is 13.7 Å². The van der Waals surface area contributed by atoms with E-state index in [1.165, 1.54) is 29.9 Å². The van der Waals surface area contributed by atoms with Gasteiger partial charge in [0.05, 0.1) is 15.8 Å². The Morgan fingerprint density at radius 3 is 3.00 bits per heavy atom. The summed E-state index contributed by atoms with van der Waals surface area (Å²) in [5.74, 6) is -0.218. The Morgan fingerprint density at radius 1 is 1.50 bits per heavy atom. The first-order valence-electron chi connectivity index (χ1n) is 6.06. The summed E-state index contributed by atoms with van der Waals surface area (Å²) in [4.78, 5) is 4.43. The number of thiazole rings is 1. The third-order valence-corrected chi connectivity index (χ3v) is 4.59. The fourth-order valence-electron chi connectivity index (χ4n) is 2.23. The summed E-state index contributed by atoms with van der Waals surface area (Å²) < 4.78 is 19.5. The van der Waals surface area contributed by atoms with Crippen LogP contribution in [-0.2, 0) is 4.74 Å². The van der Waals surface area contributed by atoms with Crippen LogP contribution in [0.2, 0.25) is 0 Å². The molecule has 0 aliphatic heterocycles. The fraction of sp³-hybridized carbons (Fsp3) is 0.462. The third-order valence-electron chi connectivity index (χ3n) is 3.61. The molecule has 5 heteroatoms. The lowest BCUT2D eigenvalue weighted by Crippen LogP contribution is -2.45. The topological polar surface area (TPSA) is 34.1 Å². The van der Waals surface area contributed by atoms with Crippen LogP contribution < -0.4 is 5.32 Å². The van der Waals surface area contributed by atoms with E-state index in [9.17, 15) is 4.39 Å². The molecule has 1 fully saturated rings. The number of rotatable bonds is 4. The van der Waals surface area contributed by atoms with Crippen LogP contribution in [-0.4, -0.2) is 24.2 Å². The zero-order valence-electron chi connectivity index (χ0n) is 10.2. The maximum absolute atomic E-state index is 13.1. The van der Waals surface area contributed by atoms with Gasteiger partial charge in [0.1, 0.15) is 5.82 Å². The fourth-order valence-corrected chi connectivity index (χ4v) is 3.12. The molecule has 0 saturated heterocycles. The van der Waals surface area contributed by atoms with E-state index in [1.807, 2.05) is 0 Å². The average molecular weight is 266 g/mol. The van der Waals surface area contributed by atoms with Crippen molar-refractivity contribution in [1.82, 2.24) is 4.98 Å². The van der Waals surface area contributed by atoms with E-state index in [2.05, 4.69) is 10.3 Å². The molecule has 18 heavy (non-hydrogen) atoms. The molecule has 0 spiro atoms. The number of nitrogens with zero attached hydrogens (tertiary/aromatic N) is 1. The molecule has 0 atom stereocenters. The predicted molar refractivity (Wildman–Crippen MR) is 71.7 cm³/mol. The Kier molecular flexibility index (Phi) is 2.95. The maximum atomic E-state index is 13.1. The molecule has 3 nitrogen and oxygen atoms in total. The number of hydrogen-bond acceptors (Lipinski definition) is 4. The second kappa shape index (κ2) is 4.48. The Labute approximate surface area is 109 Å². The van der Waals surface area contributed by atoms with Crippen LogP contribution in [0.15, 0.2) is 18.2 Å². The molecule has 1 aromatic carbocycles. The van der Waals surface area contributed by atoms with Crippen molar-refractivity contribution in [3.05, 3.63) is 24.0 Å². The van der Waals surface area contributed by atoms with E-state index >= 15 is 0 Å². The number of halogens is 1. The van der Waals surface area contributed by atoms with Crippen molar-refractivity contribution in [2.45, 2.75) is 24.9 Å². The van der Waals surface area contributed by atoms with Crippen molar-refractivity contribution in [3.63, 3.8) is 0 Å². The molecule has 0 unspecified atom stereocenters. The zero-order chi connectivity index (χ0) is 12.6. The highest BCUT2D eigenvalue weighted by molar-refractivity contribution is 7.22. The molecule has 2 aromatic rings. The van der Waals surface area contributed by atoms with Gasteiger partial charge in [-0.15, -0.1) is 0 Å². The minimum atomic E-state index is -0.218. The number of hydrogen-bond donors (Lipinski definition) is 1. The molecule has 1 aromatic heterocycles. The predicted octanol–water partition coefficient (Wildman–Crippen LogP) is 3.42. The van der Waals surface area contributed by atoms with Crippen LogP contribution in [0.1, 0.15) is 19.3 Å². The van der Waals surface area contributed by atoms with E-state index in [1.54, 1.807) is 13.2 Å². The highest BCUT2D eigenvalue weighted by atomic mass is 32.1. The van der Waals surface area contributed by atoms with E-state index in [0.717, 1.165) is 34.7 Å². The van der Waals surface area contributed by atoms with Crippen molar-refractivity contribution < 1.29 is 9.13 Å². The summed E-state index contributed by atoms with van der Waals surface area (Å²) in [6, 6.07) is 4.67. The number of methoxy groups -OCH3 is 1. The SMILES string of the molecule is COC1(CNc2nc3ccc(F)cc3s2)CCC1. The van der Waals surface area contributed by atoms with Crippen molar-refractivity contribution >= 4 is 26.7 Å².